The zero-order valence-electron chi connectivity index (χ0n) is 37.7. The van der Waals surface area contributed by atoms with Gasteiger partial charge in [-0.05, 0) is 119 Å². The predicted octanol–water partition coefficient (Wildman–Crippen LogP) is 15.3. The minimum atomic E-state index is -0.558. The van der Waals surface area contributed by atoms with Crippen molar-refractivity contribution in [2.24, 2.45) is 0 Å². The molecule has 0 atom stereocenters. The van der Waals surface area contributed by atoms with Gasteiger partial charge >= 0.3 is 0 Å². The molecule has 0 amide bonds. The van der Waals surface area contributed by atoms with Gasteiger partial charge in [-0.3, -0.25) is 0 Å². The van der Waals surface area contributed by atoms with E-state index < -0.39 is 10.8 Å². The molecule has 318 valence electrons. The van der Waals surface area contributed by atoms with Gasteiger partial charge in [0.1, 0.15) is 11.5 Å². The summed E-state index contributed by atoms with van der Waals surface area (Å²) in [7, 11) is 0. The van der Waals surface area contributed by atoms with Crippen LogP contribution in [0.25, 0.3) is 67.0 Å². The van der Waals surface area contributed by atoms with E-state index in [-0.39, 0.29) is 52.2 Å². The zero-order chi connectivity index (χ0) is 42.3. The second kappa shape index (κ2) is 17.1. The van der Waals surface area contributed by atoms with E-state index in [2.05, 4.69) is 179 Å². The first-order valence-electron chi connectivity index (χ1n) is 21.4. The molecule has 0 spiro atoms. The molecule has 2 aliphatic rings. The summed E-state index contributed by atoms with van der Waals surface area (Å²) < 4.78 is 0. The first-order chi connectivity index (χ1) is 30.2. The van der Waals surface area contributed by atoms with Crippen LogP contribution in [-0.2, 0) is 36.7 Å². The Bertz CT molecular complexity index is 2980. The SMILES string of the molecule is Cc1cc(-c2ccccc2-c2cccc(-c3ccccc3-c3cc(C)cc(C4(C)c5ccccc5-c5ccccc54)c3O)n2)c(O)c(C2(C)c3ccccc3-c3ccccc32)c1.[CH3-].[CH3-].[Hf]. The minimum Gasteiger partial charge on any atom is -0.507 e. The third-order valence-electron chi connectivity index (χ3n) is 13.8. The van der Waals surface area contributed by atoms with Gasteiger partial charge in [0.15, 0.2) is 0 Å². The third-order valence-corrected chi connectivity index (χ3v) is 13.8. The summed E-state index contributed by atoms with van der Waals surface area (Å²) in [5.41, 5.74) is 19.1. The molecule has 0 fully saturated rings. The van der Waals surface area contributed by atoms with Gasteiger partial charge in [-0.2, -0.15) is 0 Å². The standard InChI is InChI=1S/C59H45NO2.2CH3.Hf/c1-36-32-46(56(61)52(34-36)58(3)48-26-13-9-20-40(48)41-21-10-14-27-49(41)58)38-18-5-7-24-44(38)54-30-17-31-55(60-54)45-25-8-6-19-39(45)47-33-37(2)35-53(57(47)62)59(4)50-28-15-11-22-42(50)43-23-12-16-29-51(43)59;;;/h5-35,61-62H,1-4H3;2*1H3;/q;2*-1;. The van der Waals surface area contributed by atoms with E-state index >= 15 is 0 Å². The Balaban J connectivity index is 0.00000192. The number of phenols is 2. The summed E-state index contributed by atoms with van der Waals surface area (Å²) in [4.78, 5) is 5.37. The average Bonchev–Trinajstić information content (AvgIpc) is 3.73. The third kappa shape index (κ3) is 6.76. The summed E-state index contributed by atoms with van der Waals surface area (Å²) in [5, 5.41) is 25.1. The molecule has 1 aromatic heterocycles. The van der Waals surface area contributed by atoms with Gasteiger partial charge in [0.05, 0.1) is 11.4 Å². The summed E-state index contributed by atoms with van der Waals surface area (Å²) in [6.45, 7) is 8.70. The Hall–Kier alpha value is -6.62. The van der Waals surface area contributed by atoms with Gasteiger partial charge in [0, 0.05) is 70.1 Å². The molecule has 9 aromatic rings. The summed E-state index contributed by atoms with van der Waals surface area (Å²) in [5.74, 6) is 0.538. The van der Waals surface area contributed by atoms with Gasteiger partial charge in [0.25, 0.3) is 0 Å². The number of aryl methyl sites for hydroxylation is 2. The maximum Gasteiger partial charge on any atom is 0.127 e. The molecule has 0 bridgehead atoms. The quantitative estimate of drug-likeness (QED) is 0.129. The number of hydrogen-bond donors (Lipinski definition) is 2. The zero-order valence-corrected chi connectivity index (χ0v) is 41.3. The minimum absolute atomic E-state index is 0. The van der Waals surface area contributed by atoms with Crippen molar-refractivity contribution in [3.8, 4) is 78.5 Å². The van der Waals surface area contributed by atoms with E-state index in [1.165, 1.54) is 44.5 Å². The van der Waals surface area contributed by atoms with Crippen LogP contribution in [0.15, 0.2) is 188 Å². The number of aromatic hydroxyl groups is 2. The summed E-state index contributed by atoms with van der Waals surface area (Å²) in [6, 6.07) is 65.4. The molecule has 2 N–H and O–H groups in total. The van der Waals surface area contributed by atoms with E-state index in [0.29, 0.717) is 0 Å². The fraction of sp³-hybridized carbons (Fsp3) is 0.0984. The largest absolute Gasteiger partial charge is 0.507 e. The normalized spacial score (nSPS) is 13.2. The first kappa shape index (κ1) is 45.0. The van der Waals surface area contributed by atoms with Crippen LogP contribution < -0.4 is 0 Å². The Morgan fingerprint density at radius 1 is 0.323 bits per heavy atom. The van der Waals surface area contributed by atoms with Gasteiger partial charge < -0.3 is 25.1 Å². The molecule has 0 radical (unpaired) electrons. The molecule has 3 nitrogen and oxygen atoms in total. The molecule has 0 aliphatic heterocycles. The van der Waals surface area contributed by atoms with Crippen LogP contribution in [0.3, 0.4) is 0 Å². The van der Waals surface area contributed by atoms with Crippen molar-refractivity contribution in [3.05, 3.63) is 247 Å². The van der Waals surface area contributed by atoms with E-state index in [1.54, 1.807) is 0 Å². The van der Waals surface area contributed by atoms with Crippen LogP contribution in [0.4, 0.5) is 0 Å². The fourth-order valence-corrected chi connectivity index (χ4v) is 10.8. The fourth-order valence-electron chi connectivity index (χ4n) is 10.8. The molecular weight excluding hydrogens is 957 g/mol. The van der Waals surface area contributed by atoms with Crippen molar-refractivity contribution in [1.82, 2.24) is 4.98 Å². The Morgan fingerprint density at radius 2 is 0.600 bits per heavy atom. The molecule has 1 heterocycles. The number of phenolic OH excluding ortho intramolecular Hbond substituents is 2. The van der Waals surface area contributed by atoms with Crippen LogP contribution in [0, 0.1) is 28.7 Å². The molecule has 65 heavy (non-hydrogen) atoms. The number of fused-ring (bicyclic) bond motifs is 6. The molecule has 2 aliphatic carbocycles. The molecular formula is C61H51HfNO2-2. The van der Waals surface area contributed by atoms with Gasteiger partial charge in [-0.1, -0.05) is 164 Å². The van der Waals surface area contributed by atoms with E-state index in [1.807, 2.05) is 36.4 Å². The van der Waals surface area contributed by atoms with E-state index in [4.69, 9.17) is 4.98 Å². The predicted molar refractivity (Wildman–Crippen MR) is 266 cm³/mol. The van der Waals surface area contributed by atoms with Gasteiger partial charge in [0.2, 0.25) is 0 Å². The molecule has 8 aromatic carbocycles. The van der Waals surface area contributed by atoms with Crippen molar-refractivity contribution in [2.45, 2.75) is 38.5 Å². The van der Waals surface area contributed by atoms with Crippen LogP contribution in [0.5, 0.6) is 11.5 Å². The maximum atomic E-state index is 12.5. The van der Waals surface area contributed by atoms with Crippen LogP contribution in [0.2, 0.25) is 0 Å². The second-order valence-electron chi connectivity index (χ2n) is 17.3. The second-order valence-corrected chi connectivity index (χ2v) is 17.3. The molecule has 11 rings (SSSR count). The van der Waals surface area contributed by atoms with Gasteiger partial charge in [-0.15, -0.1) is 0 Å². The van der Waals surface area contributed by atoms with Crippen molar-refractivity contribution >= 4 is 0 Å². The monoisotopic (exact) mass is 1010 g/mol. The number of benzene rings is 8. The Kier molecular flexibility index (Phi) is 11.8. The first-order valence-corrected chi connectivity index (χ1v) is 21.4. The summed E-state index contributed by atoms with van der Waals surface area (Å²) >= 11 is 0. The van der Waals surface area contributed by atoms with Crippen LogP contribution in [0.1, 0.15) is 58.4 Å². The number of aromatic nitrogens is 1. The Morgan fingerprint density at radius 3 is 0.923 bits per heavy atom. The van der Waals surface area contributed by atoms with Crippen molar-refractivity contribution in [1.29, 1.82) is 0 Å². The van der Waals surface area contributed by atoms with Crippen LogP contribution >= 0.6 is 0 Å². The van der Waals surface area contributed by atoms with Crippen LogP contribution in [-0.4, -0.2) is 15.2 Å². The maximum absolute atomic E-state index is 12.5. The van der Waals surface area contributed by atoms with Crippen molar-refractivity contribution < 1.29 is 36.1 Å². The average molecular weight is 1010 g/mol. The summed E-state index contributed by atoms with van der Waals surface area (Å²) in [6.07, 6.45) is 0. The molecule has 4 heteroatoms. The van der Waals surface area contributed by atoms with E-state index in [0.717, 1.165) is 67.0 Å². The van der Waals surface area contributed by atoms with Gasteiger partial charge in [-0.25, -0.2) is 4.98 Å². The number of nitrogens with zero attached hydrogens (tertiary/aromatic N) is 1. The molecule has 0 saturated carbocycles. The van der Waals surface area contributed by atoms with E-state index in [9.17, 15) is 10.2 Å². The smallest absolute Gasteiger partial charge is 0.127 e. The topological polar surface area (TPSA) is 53.4 Å². The van der Waals surface area contributed by atoms with Crippen molar-refractivity contribution in [2.75, 3.05) is 0 Å². The Labute approximate surface area is 403 Å². The number of pyridine rings is 1. The molecule has 0 saturated heterocycles. The van der Waals surface area contributed by atoms with Crippen molar-refractivity contribution in [3.63, 3.8) is 0 Å². The molecule has 0 unspecified atom stereocenters. The number of rotatable bonds is 6. The number of hydrogen-bond acceptors (Lipinski definition) is 3.